The van der Waals surface area contributed by atoms with Crippen LogP contribution in [0.4, 0.5) is 5.82 Å². The maximum absolute atomic E-state index is 10.8. The summed E-state index contributed by atoms with van der Waals surface area (Å²) in [6.07, 6.45) is -3.57. The number of hydrogen-bond donors (Lipinski definition) is 5. The normalized spacial score (nSPS) is 29.8. The van der Waals surface area contributed by atoms with Crippen molar-refractivity contribution < 1.29 is 33.8 Å². The average molecular weight is 371 g/mol. The molecule has 134 valence electrons. The Balaban J connectivity index is 2.01. The van der Waals surface area contributed by atoms with Crippen LogP contribution in [0, 0.1) is 11.3 Å². The highest BCUT2D eigenvalue weighted by molar-refractivity contribution is 7.46. The zero-order valence-electron chi connectivity index (χ0n) is 12.5. The van der Waals surface area contributed by atoms with Gasteiger partial charge in [-0.05, 0) is 12.1 Å². The van der Waals surface area contributed by atoms with Crippen LogP contribution in [0.5, 0.6) is 0 Å². The zero-order valence-corrected chi connectivity index (χ0v) is 13.4. The van der Waals surface area contributed by atoms with Gasteiger partial charge < -0.3 is 30.5 Å². The van der Waals surface area contributed by atoms with Gasteiger partial charge in [0.2, 0.25) is 5.60 Å². The maximum Gasteiger partial charge on any atom is 0.469 e. The second-order valence-corrected chi connectivity index (χ2v) is 6.63. The van der Waals surface area contributed by atoms with Gasteiger partial charge in [-0.25, -0.2) is 14.1 Å². The zero-order chi connectivity index (χ0) is 18.4. The molecule has 13 heteroatoms. The van der Waals surface area contributed by atoms with Crippen molar-refractivity contribution >= 4 is 19.2 Å². The molecule has 25 heavy (non-hydrogen) atoms. The first kappa shape index (κ1) is 17.7. The molecule has 1 aliphatic heterocycles. The van der Waals surface area contributed by atoms with Crippen molar-refractivity contribution in [1.82, 2.24) is 14.6 Å². The number of phosphoric acid groups is 1. The van der Waals surface area contributed by atoms with Crippen LogP contribution < -0.4 is 5.73 Å². The number of rotatable bonds is 4. The number of phosphoric ester groups is 1. The highest BCUT2D eigenvalue weighted by Gasteiger charge is 2.57. The molecule has 0 bridgehead atoms. The lowest BCUT2D eigenvalue weighted by molar-refractivity contribution is -0.0635. The molecule has 12 nitrogen and oxygen atoms in total. The molecule has 0 radical (unpaired) electrons. The largest absolute Gasteiger partial charge is 0.469 e. The molecule has 1 saturated heterocycles. The molecule has 2 aromatic rings. The summed E-state index contributed by atoms with van der Waals surface area (Å²) in [7, 11) is -4.82. The fourth-order valence-corrected chi connectivity index (χ4v) is 3.06. The minimum absolute atomic E-state index is 0.0735. The molecule has 4 atom stereocenters. The van der Waals surface area contributed by atoms with Crippen LogP contribution in [0.2, 0.25) is 0 Å². The first-order valence-electron chi connectivity index (χ1n) is 6.93. The number of nitrogens with zero attached hydrogens (tertiary/aromatic N) is 4. The third-order valence-corrected chi connectivity index (χ3v) is 4.38. The number of ether oxygens (including phenoxy) is 1. The van der Waals surface area contributed by atoms with Crippen LogP contribution in [0.15, 0.2) is 18.5 Å². The molecule has 1 aliphatic rings. The SMILES string of the molecule is N#CC1(c2ccc3c(N)ncnn23)OC(COP(=O)(O)O)C(O)C1O. The van der Waals surface area contributed by atoms with Gasteiger partial charge in [0, 0.05) is 0 Å². The minimum Gasteiger partial charge on any atom is -0.387 e. The Hall–Kier alpha value is -2.10. The van der Waals surface area contributed by atoms with Crippen LogP contribution >= 0.6 is 7.82 Å². The Bertz CT molecular complexity index is 892. The second kappa shape index (κ2) is 6.01. The lowest BCUT2D eigenvalue weighted by Crippen LogP contribution is -2.41. The fraction of sp³-hybridized carbons (Fsp3) is 0.417. The Kier molecular flexibility index (Phi) is 4.26. The van der Waals surface area contributed by atoms with E-state index in [0.29, 0.717) is 5.52 Å². The van der Waals surface area contributed by atoms with Crippen LogP contribution in [0.25, 0.3) is 5.52 Å². The van der Waals surface area contributed by atoms with E-state index in [0.717, 1.165) is 6.33 Å². The van der Waals surface area contributed by atoms with E-state index in [4.69, 9.17) is 20.3 Å². The Morgan fingerprint density at radius 3 is 2.84 bits per heavy atom. The van der Waals surface area contributed by atoms with Crippen LogP contribution in [0.3, 0.4) is 0 Å². The van der Waals surface area contributed by atoms with E-state index in [1.807, 2.05) is 0 Å². The van der Waals surface area contributed by atoms with Crippen LogP contribution in [-0.2, 0) is 19.4 Å². The molecule has 0 amide bonds. The predicted molar refractivity (Wildman–Crippen MR) is 79.6 cm³/mol. The number of anilines is 1. The van der Waals surface area contributed by atoms with E-state index in [-0.39, 0.29) is 11.5 Å². The van der Waals surface area contributed by atoms with Gasteiger partial charge in [0.15, 0.2) is 5.82 Å². The maximum atomic E-state index is 10.8. The Morgan fingerprint density at radius 2 is 2.20 bits per heavy atom. The lowest BCUT2D eigenvalue weighted by atomic mass is 9.92. The number of hydrogen-bond acceptors (Lipinski definition) is 9. The first-order chi connectivity index (χ1) is 11.7. The summed E-state index contributed by atoms with van der Waals surface area (Å²) in [5.41, 5.74) is 4.10. The number of aliphatic hydroxyl groups is 2. The van der Waals surface area contributed by atoms with Crippen molar-refractivity contribution in [2.45, 2.75) is 23.9 Å². The molecule has 2 aromatic heterocycles. The van der Waals surface area contributed by atoms with Gasteiger partial charge in [0.05, 0.1) is 12.3 Å². The monoisotopic (exact) mass is 371 g/mol. The van der Waals surface area contributed by atoms with Gasteiger partial charge >= 0.3 is 7.82 Å². The molecule has 4 unspecified atom stereocenters. The van der Waals surface area contributed by atoms with Crippen LogP contribution in [-0.4, -0.2) is 59.5 Å². The van der Waals surface area contributed by atoms with Crippen molar-refractivity contribution in [3.05, 3.63) is 24.2 Å². The van der Waals surface area contributed by atoms with Crippen molar-refractivity contribution in [2.24, 2.45) is 0 Å². The molecule has 6 N–H and O–H groups in total. The van der Waals surface area contributed by atoms with E-state index in [9.17, 15) is 20.0 Å². The van der Waals surface area contributed by atoms with Gasteiger partial charge in [-0.3, -0.25) is 4.52 Å². The Labute approximate surface area is 140 Å². The quantitative estimate of drug-likeness (QED) is 0.382. The molecule has 0 aromatic carbocycles. The van der Waals surface area contributed by atoms with Gasteiger partial charge in [0.1, 0.15) is 36.2 Å². The van der Waals surface area contributed by atoms with Gasteiger partial charge in [0.25, 0.3) is 0 Å². The topological polar surface area (TPSA) is 196 Å². The lowest BCUT2D eigenvalue weighted by Gasteiger charge is -2.24. The van der Waals surface area contributed by atoms with E-state index >= 15 is 0 Å². The number of nitrogens with two attached hydrogens (primary N) is 1. The third-order valence-electron chi connectivity index (χ3n) is 3.89. The minimum atomic E-state index is -4.82. The summed E-state index contributed by atoms with van der Waals surface area (Å²) >= 11 is 0. The van der Waals surface area contributed by atoms with Crippen molar-refractivity contribution in [3.63, 3.8) is 0 Å². The summed E-state index contributed by atoms with van der Waals surface area (Å²) in [4.78, 5) is 21.3. The summed E-state index contributed by atoms with van der Waals surface area (Å²) in [5.74, 6) is 0.128. The fourth-order valence-electron chi connectivity index (χ4n) is 2.72. The molecule has 0 saturated carbocycles. The third kappa shape index (κ3) is 2.88. The first-order valence-corrected chi connectivity index (χ1v) is 8.46. The van der Waals surface area contributed by atoms with Crippen molar-refractivity contribution in [1.29, 1.82) is 5.26 Å². The molecule has 0 aliphatic carbocycles. The molecule has 3 rings (SSSR count). The second-order valence-electron chi connectivity index (χ2n) is 5.39. The highest BCUT2D eigenvalue weighted by atomic mass is 31.2. The smallest absolute Gasteiger partial charge is 0.387 e. The summed E-state index contributed by atoms with van der Waals surface area (Å²) in [6, 6.07) is 4.72. The van der Waals surface area contributed by atoms with Crippen molar-refractivity contribution in [3.8, 4) is 6.07 Å². The predicted octanol–water partition coefficient (Wildman–Crippen LogP) is -1.74. The van der Waals surface area contributed by atoms with Gasteiger partial charge in [-0.1, -0.05) is 0 Å². The summed E-state index contributed by atoms with van der Waals surface area (Å²) < 4.78 is 21.8. The van der Waals surface area contributed by atoms with E-state index < -0.39 is 38.3 Å². The van der Waals surface area contributed by atoms with E-state index in [2.05, 4.69) is 14.6 Å². The van der Waals surface area contributed by atoms with Crippen LogP contribution in [0.1, 0.15) is 5.69 Å². The van der Waals surface area contributed by atoms with Crippen molar-refractivity contribution in [2.75, 3.05) is 12.3 Å². The molecular formula is C12H14N5O7P. The van der Waals surface area contributed by atoms with Gasteiger partial charge in [-0.2, -0.15) is 10.4 Å². The number of nitrogen functional groups attached to an aromatic ring is 1. The summed E-state index contributed by atoms with van der Waals surface area (Å²) in [6.45, 7) is -0.730. The molecule has 3 heterocycles. The average Bonchev–Trinajstić information content (AvgIpc) is 3.08. The standard InChI is InChI=1S/C12H14N5O7P/c13-4-12(8-2-1-6-11(14)15-5-16-17(6)8)10(19)9(18)7(24-12)3-23-25(20,21)22/h1-2,5,7,9-10,18-19H,3H2,(H2,14,15,16)(H2,20,21,22). The molecule has 1 fully saturated rings. The number of aromatic nitrogens is 3. The Morgan fingerprint density at radius 1 is 1.48 bits per heavy atom. The van der Waals surface area contributed by atoms with E-state index in [1.165, 1.54) is 16.6 Å². The van der Waals surface area contributed by atoms with E-state index in [1.54, 1.807) is 6.07 Å². The highest BCUT2D eigenvalue weighted by Crippen LogP contribution is 2.42. The number of nitriles is 1. The van der Waals surface area contributed by atoms with Gasteiger partial charge in [-0.15, -0.1) is 0 Å². The number of aliphatic hydroxyl groups excluding tert-OH is 2. The summed E-state index contributed by atoms with van der Waals surface area (Å²) in [5, 5.41) is 34.1. The molecule has 0 spiro atoms. The number of fused-ring (bicyclic) bond motifs is 1. The molecular weight excluding hydrogens is 357 g/mol.